The van der Waals surface area contributed by atoms with Gasteiger partial charge in [0.15, 0.2) is 5.03 Å². The first-order chi connectivity index (χ1) is 18.6. The first-order valence-electron chi connectivity index (χ1n) is 13.9. The molecule has 0 unspecified atom stereocenters. The Bertz CT molecular complexity index is 1230. The van der Waals surface area contributed by atoms with Gasteiger partial charge in [-0.1, -0.05) is 26.2 Å². The van der Waals surface area contributed by atoms with E-state index in [2.05, 4.69) is 28.6 Å². The van der Waals surface area contributed by atoms with Gasteiger partial charge in [-0.05, 0) is 50.9 Å². The lowest BCUT2D eigenvalue weighted by molar-refractivity contribution is -0.134. The summed E-state index contributed by atoms with van der Waals surface area (Å²) in [5.74, 6) is 1.16. The molecule has 3 atom stereocenters. The largest absolute Gasteiger partial charge is 0.488 e. The van der Waals surface area contributed by atoms with Gasteiger partial charge in [0.25, 0.3) is 10.0 Å². The minimum Gasteiger partial charge on any atom is -0.488 e. The SMILES string of the molecule is C[C@H](CO)N1C[C@H](C)[C@@H](CN(C)CC2CCCCC2)Oc2ccc(NS(=O)(=O)c3cn(C)cn3)cc2CC1=O. The van der Waals surface area contributed by atoms with E-state index in [1.807, 2.05) is 6.92 Å². The number of carbonyl (C=O) groups is 1. The van der Waals surface area contributed by atoms with Gasteiger partial charge < -0.3 is 24.2 Å². The number of benzene rings is 1. The zero-order chi connectivity index (χ0) is 28.2. The lowest BCUT2D eigenvalue weighted by Crippen LogP contribution is -2.48. The molecule has 0 spiro atoms. The van der Waals surface area contributed by atoms with E-state index in [1.165, 1.54) is 44.6 Å². The monoisotopic (exact) mass is 561 g/mol. The van der Waals surface area contributed by atoms with Gasteiger partial charge >= 0.3 is 0 Å². The van der Waals surface area contributed by atoms with Crippen LogP contribution in [0.1, 0.15) is 51.5 Å². The molecule has 1 aliphatic heterocycles. The van der Waals surface area contributed by atoms with Gasteiger partial charge in [0, 0.05) is 50.0 Å². The number of anilines is 1. The number of aryl methyl sites for hydroxylation is 1. The Kier molecular flexibility index (Phi) is 9.56. The van der Waals surface area contributed by atoms with Crippen LogP contribution in [-0.2, 0) is 28.3 Å². The average molecular weight is 562 g/mol. The maximum atomic E-state index is 13.4. The van der Waals surface area contributed by atoms with Crippen LogP contribution < -0.4 is 9.46 Å². The van der Waals surface area contributed by atoms with Gasteiger partial charge in [0.2, 0.25) is 5.91 Å². The van der Waals surface area contributed by atoms with Gasteiger partial charge in [0.05, 0.1) is 25.4 Å². The summed E-state index contributed by atoms with van der Waals surface area (Å²) in [6, 6.07) is 4.72. The summed E-state index contributed by atoms with van der Waals surface area (Å²) in [5.41, 5.74) is 0.932. The molecule has 0 saturated heterocycles. The number of nitrogens with zero attached hydrogens (tertiary/aromatic N) is 4. The second-order valence-electron chi connectivity index (χ2n) is 11.4. The molecule has 2 aromatic rings. The number of hydrogen-bond acceptors (Lipinski definition) is 7. The molecule has 2 N–H and O–H groups in total. The summed E-state index contributed by atoms with van der Waals surface area (Å²) in [6.07, 6.45) is 9.15. The topological polar surface area (TPSA) is 117 Å². The van der Waals surface area contributed by atoms with Crippen LogP contribution in [-0.4, -0.2) is 84.2 Å². The van der Waals surface area contributed by atoms with Crippen LogP contribution in [0.25, 0.3) is 0 Å². The minimum absolute atomic E-state index is 0.0186. The molecule has 1 aliphatic carbocycles. The zero-order valence-corrected chi connectivity index (χ0v) is 24.4. The molecule has 39 heavy (non-hydrogen) atoms. The second-order valence-corrected chi connectivity index (χ2v) is 13.0. The molecule has 10 nitrogen and oxygen atoms in total. The Hall–Kier alpha value is -2.63. The highest BCUT2D eigenvalue weighted by atomic mass is 32.2. The van der Waals surface area contributed by atoms with Crippen molar-refractivity contribution in [1.82, 2.24) is 19.4 Å². The van der Waals surface area contributed by atoms with Crippen molar-refractivity contribution in [2.75, 3.05) is 38.0 Å². The summed E-state index contributed by atoms with van der Waals surface area (Å²) < 4.78 is 36.5. The fourth-order valence-electron chi connectivity index (χ4n) is 5.64. The van der Waals surface area contributed by atoms with Crippen molar-refractivity contribution in [3.63, 3.8) is 0 Å². The van der Waals surface area contributed by atoms with Crippen LogP contribution in [0.5, 0.6) is 5.75 Å². The Morgan fingerprint density at radius 3 is 2.64 bits per heavy atom. The first-order valence-corrected chi connectivity index (χ1v) is 15.4. The molecule has 1 saturated carbocycles. The third kappa shape index (κ3) is 7.52. The number of rotatable bonds is 9. The number of amides is 1. The number of carbonyl (C=O) groups excluding carboxylic acids is 1. The quantitative estimate of drug-likeness (QED) is 0.484. The molecule has 11 heteroatoms. The Labute approximate surface area is 232 Å². The van der Waals surface area contributed by atoms with E-state index < -0.39 is 10.0 Å². The molecule has 2 heterocycles. The second kappa shape index (κ2) is 12.7. The van der Waals surface area contributed by atoms with Crippen molar-refractivity contribution in [2.24, 2.45) is 18.9 Å². The first kappa shape index (κ1) is 29.4. The average Bonchev–Trinajstić information content (AvgIpc) is 3.36. The highest BCUT2D eigenvalue weighted by molar-refractivity contribution is 7.92. The van der Waals surface area contributed by atoms with Crippen molar-refractivity contribution in [2.45, 2.75) is 69.5 Å². The predicted molar refractivity (Wildman–Crippen MR) is 150 cm³/mol. The number of imidazole rings is 1. The maximum Gasteiger partial charge on any atom is 0.280 e. The Balaban J connectivity index is 1.60. The van der Waals surface area contributed by atoms with E-state index in [0.717, 1.165) is 6.54 Å². The van der Waals surface area contributed by atoms with Crippen LogP contribution in [0, 0.1) is 11.8 Å². The van der Waals surface area contributed by atoms with Crippen molar-refractivity contribution in [1.29, 1.82) is 0 Å². The van der Waals surface area contributed by atoms with E-state index in [4.69, 9.17) is 4.74 Å². The number of sulfonamides is 1. The van der Waals surface area contributed by atoms with E-state index >= 15 is 0 Å². The number of aromatic nitrogens is 2. The van der Waals surface area contributed by atoms with Gasteiger partial charge in [0.1, 0.15) is 11.9 Å². The number of aliphatic hydroxyl groups excluding tert-OH is 1. The Morgan fingerprint density at radius 1 is 1.23 bits per heavy atom. The number of fused-ring (bicyclic) bond motifs is 1. The molecule has 1 fully saturated rings. The maximum absolute atomic E-state index is 13.4. The third-order valence-electron chi connectivity index (χ3n) is 7.91. The minimum atomic E-state index is -3.89. The summed E-state index contributed by atoms with van der Waals surface area (Å²) >= 11 is 0. The summed E-state index contributed by atoms with van der Waals surface area (Å²) in [4.78, 5) is 21.4. The highest BCUT2D eigenvalue weighted by Crippen LogP contribution is 2.30. The van der Waals surface area contributed by atoms with Gasteiger partial charge in [-0.3, -0.25) is 9.52 Å². The van der Waals surface area contributed by atoms with Crippen LogP contribution in [0.3, 0.4) is 0 Å². The third-order valence-corrected chi connectivity index (χ3v) is 9.18. The molecule has 0 bridgehead atoms. The molecule has 4 rings (SSSR count). The summed E-state index contributed by atoms with van der Waals surface area (Å²) in [6.45, 7) is 5.98. The lowest BCUT2D eigenvalue weighted by Gasteiger charge is -2.35. The molecule has 216 valence electrons. The summed E-state index contributed by atoms with van der Waals surface area (Å²) in [7, 11) is -0.0589. The van der Waals surface area contributed by atoms with Crippen molar-refractivity contribution in [3.05, 3.63) is 36.3 Å². The number of ether oxygens (including phenoxy) is 1. The molecule has 1 amide bonds. The molecule has 1 aromatic carbocycles. The summed E-state index contributed by atoms with van der Waals surface area (Å²) in [5, 5.41) is 9.79. The number of nitrogens with one attached hydrogen (secondary N) is 1. The number of likely N-dealkylation sites (N-methyl/N-ethyl adjacent to an activating group) is 1. The van der Waals surface area contributed by atoms with E-state index in [0.29, 0.717) is 36.0 Å². The fourth-order valence-corrected chi connectivity index (χ4v) is 6.67. The van der Waals surface area contributed by atoms with Gasteiger partial charge in [-0.2, -0.15) is 8.42 Å². The van der Waals surface area contributed by atoms with Crippen molar-refractivity contribution < 1.29 is 23.1 Å². The van der Waals surface area contributed by atoms with Crippen LogP contribution in [0.2, 0.25) is 0 Å². The molecule has 1 aromatic heterocycles. The molecular formula is C28H43N5O5S. The zero-order valence-electron chi connectivity index (χ0n) is 23.5. The number of aliphatic hydroxyl groups is 1. The van der Waals surface area contributed by atoms with Crippen LogP contribution >= 0.6 is 0 Å². The normalized spacial score (nSPS) is 22.0. The van der Waals surface area contributed by atoms with E-state index in [9.17, 15) is 18.3 Å². The highest BCUT2D eigenvalue weighted by Gasteiger charge is 2.32. The Morgan fingerprint density at radius 2 is 1.97 bits per heavy atom. The predicted octanol–water partition coefficient (Wildman–Crippen LogP) is 2.88. The van der Waals surface area contributed by atoms with E-state index in [1.54, 1.807) is 34.7 Å². The van der Waals surface area contributed by atoms with Gasteiger partial charge in [-0.15, -0.1) is 0 Å². The lowest BCUT2D eigenvalue weighted by atomic mass is 9.89. The van der Waals surface area contributed by atoms with Crippen molar-refractivity contribution in [3.8, 4) is 5.75 Å². The van der Waals surface area contributed by atoms with Crippen molar-refractivity contribution >= 4 is 21.6 Å². The smallest absolute Gasteiger partial charge is 0.280 e. The fraction of sp³-hybridized carbons (Fsp3) is 0.643. The van der Waals surface area contributed by atoms with Gasteiger partial charge in [-0.25, -0.2) is 4.98 Å². The van der Waals surface area contributed by atoms with E-state index in [-0.39, 0.29) is 42.0 Å². The molecular weight excluding hydrogens is 518 g/mol. The number of hydrogen-bond donors (Lipinski definition) is 2. The molecule has 2 aliphatic rings. The standard InChI is InChI=1S/C28H43N5O5S/c1-20-14-33(21(2)18-34)28(35)13-23-12-24(30-39(36,37)27-17-32(4)19-29-27)10-11-25(23)38-26(20)16-31(3)15-22-8-6-5-7-9-22/h10-12,17,19-22,26,30,34H,5-9,13-16,18H2,1-4H3/t20-,21+,26+/m0/s1. The van der Waals surface area contributed by atoms with Crippen LogP contribution in [0.15, 0.2) is 35.7 Å². The van der Waals surface area contributed by atoms with Crippen LogP contribution in [0.4, 0.5) is 5.69 Å². The molecule has 0 radical (unpaired) electrons.